The van der Waals surface area contributed by atoms with Gasteiger partial charge in [-0.25, -0.2) is 4.68 Å². The van der Waals surface area contributed by atoms with Gasteiger partial charge >= 0.3 is 0 Å². The summed E-state index contributed by atoms with van der Waals surface area (Å²) in [5.74, 6) is 0.917. The lowest BCUT2D eigenvalue weighted by Crippen LogP contribution is -2.38. The van der Waals surface area contributed by atoms with Gasteiger partial charge in [-0.15, -0.1) is 5.10 Å². The minimum Gasteiger partial charge on any atom is -0.377 e. The summed E-state index contributed by atoms with van der Waals surface area (Å²) in [5, 5.41) is 14.1. The molecule has 1 aromatic carbocycles. The van der Waals surface area contributed by atoms with Crippen LogP contribution in [0.4, 0.5) is 0 Å². The van der Waals surface area contributed by atoms with E-state index in [4.69, 9.17) is 4.74 Å². The van der Waals surface area contributed by atoms with Gasteiger partial charge in [0.25, 0.3) is 5.56 Å². The van der Waals surface area contributed by atoms with Crippen LogP contribution >= 0.6 is 0 Å². The van der Waals surface area contributed by atoms with Crippen molar-refractivity contribution in [2.24, 2.45) is 0 Å². The number of ether oxygens (including phenoxy) is 1. The number of pyridine rings is 1. The van der Waals surface area contributed by atoms with Gasteiger partial charge in [-0.1, -0.05) is 37.8 Å². The van der Waals surface area contributed by atoms with Crippen LogP contribution < -0.4 is 5.56 Å². The van der Waals surface area contributed by atoms with Crippen LogP contribution in [0.25, 0.3) is 10.9 Å². The summed E-state index contributed by atoms with van der Waals surface area (Å²) in [6, 6.07) is 8.56. The van der Waals surface area contributed by atoms with Crippen molar-refractivity contribution in [2.45, 2.75) is 89.9 Å². The number of tetrazole rings is 1. The van der Waals surface area contributed by atoms with Gasteiger partial charge in [-0.05, 0) is 73.0 Å². The molecule has 1 N–H and O–H groups in total. The maximum absolute atomic E-state index is 13.0. The first-order chi connectivity index (χ1) is 16.6. The second-order valence-electron chi connectivity index (χ2n) is 9.98. The van der Waals surface area contributed by atoms with E-state index in [0.29, 0.717) is 12.6 Å². The lowest BCUT2D eigenvalue weighted by Gasteiger charge is -2.33. The average Bonchev–Trinajstić information content (AvgIpc) is 3.53. The Morgan fingerprint density at radius 1 is 1.18 bits per heavy atom. The zero-order valence-corrected chi connectivity index (χ0v) is 20.4. The molecule has 8 heteroatoms. The van der Waals surface area contributed by atoms with Crippen LogP contribution in [0.3, 0.4) is 0 Å². The lowest BCUT2D eigenvalue weighted by atomic mass is 9.95. The first-order valence-electron chi connectivity index (χ1n) is 12.9. The Balaban J connectivity index is 1.48. The number of aromatic amines is 1. The van der Waals surface area contributed by atoms with E-state index < -0.39 is 0 Å². The molecule has 1 aliphatic heterocycles. The summed E-state index contributed by atoms with van der Waals surface area (Å²) < 4.78 is 8.08. The Kier molecular flexibility index (Phi) is 7.06. The Morgan fingerprint density at radius 3 is 2.79 bits per heavy atom. The number of hydrogen-bond acceptors (Lipinski definition) is 6. The average molecular weight is 465 g/mol. The standard InChI is InChI=1S/C26H36N6O2/c1-3-24(25-28-29-30-32(25)21-8-5-4-6-9-21)31(17-22-10-7-13-34-22)16-20-15-19-14-18(2)11-12-23(19)27-26(20)33/h11-12,14-15,21-22,24H,3-10,13,16-17H2,1-2H3,(H,27,33)/t22-,24-/m0/s1. The highest BCUT2D eigenvalue weighted by molar-refractivity contribution is 5.79. The molecule has 1 saturated heterocycles. The van der Waals surface area contributed by atoms with E-state index >= 15 is 0 Å². The third-order valence-electron chi connectivity index (χ3n) is 7.48. The summed E-state index contributed by atoms with van der Waals surface area (Å²) in [7, 11) is 0. The summed E-state index contributed by atoms with van der Waals surface area (Å²) in [5.41, 5.74) is 2.79. The number of aryl methyl sites for hydroxylation is 1. The number of hydrogen-bond donors (Lipinski definition) is 1. The van der Waals surface area contributed by atoms with Gasteiger partial charge in [0, 0.05) is 30.8 Å². The molecule has 0 bridgehead atoms. The summed E-state index contributed by atoms with van der Waals surface area (Å²) >= 11 is 0. The third kappa shape index (κ3) is 4.93. The Hall–Kier alpha value is -2.58. The lowest BCUT2D eigenvalue weighted by molar-refractivity contribution is 0.0481. The van der Waals surface area contributed by atoms with Gasteiger partial charge in [-0.2, -0.15) is 0 Å². The molecule has 2 aliphatic rings. The van der Waals surface area contributed by atoms with Crippen LogP contribution in [0.5, 0.6) is 0 Å². The maximum Gasteiger partial charge on any atom is 0.252 e. The van der Waals surface area contributed by atoms with Gasteiger partial charge in [0.15, 0.2) is 5.82 Å². The molecule has 1 saturated carbocycles. The summed E-state index contributed by atoms with van der Waals surface area (Å²) in [4.78, 5) is 18.5. The highest BCUT2D eigenvalue weighted by atomic mass is 16.5. The van der Waals surface area contributed by atoms with Gasteiger partial charge in [0.05, 0.1) is 18.2 Å². The molecule has 3 heterocycles. The number of rotatable bonds is 8. The van der Waals surface area contributed by atoms with Crippen LogP contribution in [0.1, 0.15) is 87.3 Å². The quantitative estimate of drug-likeness (QED) is 0.529. The molecule has 1 aliphatic carbocycles. The van der Waals surface area contributed by atoms with Crippen LogP contribution in [0.2, 0.25) is 0 Å². The fraction of sp³-hybridized carbons (Fsp3) is 0.615. The molecule has 2 fully saturated rings. The molecule has 0 amide bonds. The van der Waals surface area contributed by atoms with Crippen molar-refractivity contribution in [3.05, 3.63) is 51.6 Å². The Labute approximate surface area is 200 Å². The molecule has 34 heavy (non-hydrogen) atoms. The van der Waals surface area contributed by atoms with Crippen LogP contribution in [0, 0.1) is 6.92 Å². The van der Waals surface area contributed by atoms with Crippen molar-refractivity contribution in [1.82, 2.24) is 30.1 Å². The van der Waals surface area contributed by atoms with Crippen molar-refractivity contribution < 1.29 is 4.74 Å². The molecule has 2 aromatic heterocycles. The predicted octanol–water partition coefficient (Wildman–Crippen LogP) is 4.46. The Bertz CT molecular complexity index is 1160. The second-order valence-corrected chi connectivity index (χ2v) is 9.98. The first-order valence-corrected chi connectivity index (χ1v) is 12.9. The first kappa shape index (κ1) is 23.2. The molecular formula is C26H36N6O2. The van der Waals surface area contributed by atoms with Crippen LogP contribution in [-0.2, 0) is 11.3 Å². The molecule has 182 valence electrons. The zero-order valence-electron chi connectivity index (χ0n) is 20.4. The maximum atomic E-state index is 13.0. The van der Waals surface area contributed by atoms with E-state index in [9.17, 15) is 4.79 Å². The largest absolute Gasteiger partial charge is 0.377 e. The number of nitrogens with one attached hydrogen (secondary N) is 1. The fourth-order valence-electron chi connectivity index (χ4n) is 5.67. The van der Waals surface area contributed by atoms with Crippen LogP contribution in [-0.4, -0.2) is 49.3 Å². The molecule has 8 nitrogen and oxygen atoms in total. The highest BCUT2D eigenvalue weighted by Crippen LogP contribution is 2.32. The molecule has 0 radical (unpaired) electrons. The monoisotopic (exact) mass is 464 g/mol. The van der Waals surface area contributed by atoms with E-state index in [2.05, 4.69) is 50.0 Å². The molecule has 0 unspecified atom stereocenters. The van der Waals surface area contributed by atoms with Crippen LogP contribution in [0.15, 0.2) is 29.1 Å². The van der Waals surface area contributed by atoms with E-state index in [0.717, 1.165) is 67.5 Å². The van der Waals surface area contributed by atoms with E-state index in [-0.39, 0.29) is 17.7 Å². The van der Waals surface area contributed by atoms with Gasteiger partial charge in [0.2, 0.25) is 0 Å². The number of benzene rings is 1. The predicted molar refractivity (Wildman–Crippen MR) is 132 cm³/mol. The SMILES string of the molecule is CC[C@@H](c1nnnn1C1CCCCC1)N(Cc1cc2cc(C)ccc2[nH]c1=O)C[C@@H]1CCCO1. The third-order valence-corrected chi connectivity index (χ3v) is 7.48. The minimum absolute atomic E-state index is 0.0220. The highest BCUT2D eigenvalue weighted by Gasteiger charge is 2.31. The van der Waals surface area contributed by atoms with Crippen molar-refractivity contribution in [1.29, 1.82) is 0 Å². The number of aromatic nitrogens is 5. The van der Waals surface area contributed by atoms with Crippen molar-refractivity contribution in [2.75, 3.05) is 13.2 Å². The molecule has 2 atom stereocenters. The van der Waals surface area contributed by atoms with E-state index in [1.807, 2.05) is 18.2 Å². The topological polar surface area (TPSA) is 88.9 Å². The minimum atomic E-state index is -0.0320. The van der Waals surface area contributed by atoms with Gasteiger partial charge < -0.3 is 9.72 Å². The van der Waals surface area contributed by atoms with E-state index in [1.165, 1.54) is 24.8 Å². The number of fused-ring (bicyclic) bond motifs is 1. The van der Waals surface area contributed by atoms with Crippen molar-refractivity contribution >= 4 is 10.9 Å². The molecule has 0 spiro atoms. The smallest absolute Gasteiger partial charge is 0.252 e. The zero-order chi connectivity index (χ0) is 23.5. The fourth-order valence-corrected chi connectivity index (χ4v) is 5.67. The number of H-pyrrole nitrogens is 1. The van der Waals surface area contributed by atoms with E-state index in [1.54, 1.807) is 0 Å². The second kappa shape index (κ2) is 10.4. The number of nitrogens with zero attached hydrogens (tertiary/aromatic N) is 5. The molecular weight excluding hydrogens is 428 g/mol. The molecule has 3 aromatic rings. The summed E-state index contributed by atoms with van der Waals surface area (Å²) in [6.07, 6.45) is 9.19. The van der Waals surface area contributed by atoms with Gasteiger partial charge in [0.1, 0.15) is 0 Å². The van der Waals surface area contributed by atoms with Crippen molar-refractivity contribution in [3.8, 4) is 0 Å². The van der Waals surface area contributed by atoms with Gasteiger partial charge in [-0.3, -0.25) is 9.69 Å². The summed E-state index contributed by atoms with van der Waals surface area (Å²) in [6.45, 7) is 6.37. The van der Waals surface area contributed by atoms with Crippen molar-refractivity contribution in [3.63, 3.8) is 0 Å². The normalized spacial score (nSPS) is 20.4. The Morgan fingerprint density at radius 2 is 2.03 bits per heavy atom. The molecule has 5 rings (SSSR count).